The van der Waals surface area contributed by atoms with Gasteiger partial charge in [0.15, 0.2) is 5.16 Å². The van der Waals surface area contributed by atoms with Gasteiger partial charge in [0, 0.05) is 58.2 Å². The van der Waals surface area contributed by atoms with Gasteiger partial charge in [0.25, 0.3) is 0 Å². The lowest BCUT2D eigenvalue weighted by Crippen LogP contribution is -2.48. The molecule has 124 valence electrons. The van der Waals surface area contributed by atoms with E-state index >= 15 is 0 Å². The summed E-state index contributed by atoms with van der Waals surface area (Å²) in [6.45, 7) is 7.52. The second kappa shape index (κ2) is 8.55. The molecular formula is C15H27N5OS. The van der Waals surface area contributed by atoms with Crippen LogP contribution in [0.15, 0.2) is 17.6 Å². The Morgan fingerprint density at radius 2 is 2.09 bits per heavy atom. The van der Waals surface area contributed by atoms with Crippen molar-refractivity contribution in [1.29, 1.82) is 0 Å². The molecule has 1 unspecified atom stereocenters. The molecule has 1 aliphatic rings. The standard InChI is InChI=1S/C15H27N5OS/c1-13(20-10-8-18(2)9-11-20)4-5-16-14(21)12-22-15-17-6-7-19(15)3/h6-7,13H,4-5,8-12H2,1-3H3,(H,16,21). The van der Waals surface area contributed by atoms with Gasteiger partial charge in [-0.05, 0) is 20.4 Å². The first kappa shape index (κ1) is 17.3. The van der Waals surface area contributed by atoms with Crippen molar-refractivity contribution in [2.45, 2.75) is 24.5 Å². The Balaban J connectivity index is 1.59. The number of hydrogen-bond donors (Lipinski definition) is 1. The van der Waals surface area contributed by atoms with Gasteiger partial charge in [-0.25, -0.2) is 4.98 Å². The van der Waals surface area contributed by atoms with E-state index in [4.69, 9.17) is 0 Å². The lowest BCUT2D eigenvalue weighted by atomic mass is 10.1. The zero-order chi connectivity index (χ0) is 15.9. The molecule has 2 heterocycles. The molecule has 1 aromatic heterocycles. The Labute approximate surface area is 137 Å². The number of hydrogen-bond acceptors (Lipinski definition) is 5. The first-order valence-electron chi connectivity index (χ1n) is 7.85. The van der Waals surface area contributed by atoms with E-state index in [2.05, 4.69) is 34.1 Å². The third-order valence-corrected chi connectivity index (χ3v) is 5.21. The first-order chi connectivity index (χ1) is 10.6. The van der Waals surface area contributed by atoms with Gasteiger partial charge in [-0.2, -0.15) is 0 Å². The summed E-state index contributed by atoms with van der Waals surface area (Å²) in [5, 5.41) is 3.89. The van der Waals surface area contributed by atoms with Gasteiger partial charge in [-0.15, -0.1) is 0 Å². The number of aryl methyl sites for hydroxylation is 1. The predicted molar refractivity (Wildman–Crippen MR) is 90.1 cm³/mol. The molecule has 0 aliphatic carbocycles. The SMILES string of the molecule is CC(CCNC(=O)CSc1nccn1C)N1CCN(C)CC1. The van der Waals surface area contributed by atoms with Crippen LogP contribution in [0.3, 0.4) is 0 Å². The topological polar surface area (TPSA) is 53.4 Å². The Kier molecular flexibility index (Phi) is 6.72. The van der Waals surface area contributed by atoms with Crippen LogP contribution in [0.25, 0.3) is 0 Å². The zero-order valence-electron chi connectivity index (χ0n) is 13.8. The first-order valence-corrected chi connectivity index (χ1v) is 8.84. The molecule has 7 heteroatoms. The van der Waals surface area contributed by atoms with Crippen LogP contribution in [0, 0.1) is 0 Å². The Hall–Kier alpha value is -1.05. The molecule has 1 saturated heterocycles. The average Bonchev–Trinajstić information content (AvgIpc) is 2.91. The minimum atomic E-state index is 0.0820. The van der Waals surface area contributed by atoms with Crippen molar-refractivity contribution >= 4 is 17.7 Å². The van der Waals surface area contributed by atoms with Gasteiger partial charge in [0.05, 0.1) is 5.75 Å². The molecule has 0 spiro atoms. The molecule has 1 amide bonds. The minimum Gasteiger partial charge on any atom is -0.355 e. The molecule has 1 aromatic rings. The van der Waals surface area contributed by atoms with E-state index in [0.29, 0.717) is 11.8 Å². The number of nitrogens with one attached hydrogen (secondary N) is 1. The summed E-state index contributed by atoms with van der Waals surface area (Å²) in [5.74, 6) is 0.506. The van der Waals surface area contributed by atoms with Crippen LogP contribution in [-0.4, -0.2) is 76.8 Å². The predicted octanol–water partition coefficient (Wildman–Crippen LogP) is 0.654. The van der Waals surface area contributed by atoms with E-state index in [0.717, 1.165) is 44.3 Å². The number of carbonyl (C=O) groups excluding carboxylic acids is 1. The third-order valence-electron chi connectivity index (χ3n) is 4.15. The van der Waals surface area contributed by atoms with Crippen molar-refractivity contribution < 1.29 is 4.79 Å². The number of piperazine rings is 1. The van der Waals surface area contributed by atoms with Crippen LogP contribution in [0.4, 0.5) is 0 Å². The van der Waals surface area contributed by atoms with Crippen molar-refractivity contribution in [1.82, 2.24) is 24.7 Å². The summed E-state index contributed by atoms with van der Waals surface area (Å²) < 4.78 is 1.92. The Bertz CT molecular complexity index is 470. The van der Waals surface area contributed by atoms with E-state index < -0.39 is 0 Å². The minimum absolute atomic E-state index is 0.0820. The van der Waals surface area contributed by atoms with Crippen molar-refractivity contribution in [3.05, 3.63) is 12.4 Å². The maximum absolute atomic E-state index is 11.9. The number of thioether (sulfide) groups is 1. The van der Waals surface area contributed by atoms with E-state index in [1.54, 1.807) is 6.20 Å². The van der Waals surface area contributed by atoms with Crippen LogP contribution in [0.1, 0.15) is 13.3 Å². The maximum atomic E-state index is 11.9. The smallest absolute Gasteiger partial charge is 0.230 e. The van der Waals surface area contributed by atoms with Crippen LogP contribution < -0.4 is 5.32 Å². The van der Waals surface area contributed by atoms with Gasteiger partial charge in [-0.3, -0.25) is 9.69 Å². The average molecular weight is 325 g/mol. The second-order valence-corrected chi connectivity index (χ2v) is 6.88. The number of nitrogens with zero attached hydrogens (tertiary/aromatic N) is 4. The number of rotatable bonds is 7. The fourth-order valence-electron chi connectivity index (χ4n) is 2.54. The highest BCUT2D eigenvalue weighted by molar-refractivity contribution is 7.99. The van der Waals surface area contributed by atoms with Crippen LogP contribution in [0.5, 0.6) is 0 Å². The zero-order valence-corrected chi connectivity index (χ0v) is 14.6. The van der Waals surface area contributed by atoms with E-state index in [9.17, 15) is 4.79 Å². The summed E-state index contributed by atoms with van der Waals surface area (Å²) in [6.07, 6.45) is 4.64. The van der Waals surface area contributed by atoms with Crippen molar-refractivity contribution in [2.75, 3.05) is 45.5 Å². The molecule has 1 N–H and O–H groups in total. The summed E-state index contributed by atoms with van der Waals surface area (Å²) in [7, 11) is 4.10. The van der Waals surface area contributed by atoms with Crippen LogP contribution >= 0.6 is 11.8 Å². The summed E-state index contributed by atoms with van der Waals surface area (Å²) >= 11 is 1.47. The van der Waals surface area contributed by atoms with Crippen molar-refractivity contribution in [3.8, 4) is 0 Å². The fraction of sp³-hybridized carbons (Fsp3) is 0.733. The van der Waals surface area contributed by atoms with Crippen LogP contribution in [0.2, 0.25) is 0 Å². The normalized spacial score (nSPS) is 18.3. The summed E-state index contributed by atoms with van der Waals surface area (Å²) in [5.41, 5.74) is 0. The van der Waals surface area contributed by atoms with E-state index in [1.807, 2.05) is 17.8 Å². The molecule has 2 rings (SSSR count). The number of amides is 1. The molecule has 0 bridgehead atoms. The second-order valence-electron chi connectivity index (χ2n) is 5.94. The molecule has 0 radical (unpaired) electrons. The van der Waals surface area contributed by atoms with Gasteiger partial charge in [0.2, 0.25) is 5.91 Å². The highest BCUT2D eigenvalue weighted by atomic mass is 32.2. The fourth-order valence-corrected chi connectivity index (χ4v) is 3.30. The van der Waals surface area contributed by atoms with Gasteiger partial charge in [0.1, 0.15) is 0 Å². The molecule has 1 atom stereocenters. The van der Waals surface area contributed by atoms with Gasteiger partial charge < -0.3 is 14.8 Å². The molecule has 6 nitrogen and oxygen atoms in total. The van der Waals surface area contributed by atoms with Crippen molar-refractivity contribution in [3.63, 3.8) is 0 Å². The quantitative estimate of drug-likeness (QED) is 0.746. The summed E-state index contributed by atoms with van der Waals surface area (Å²) in [4.78, 5) is 20.9. The Morgan fingerprint density at radius 1 is 1.36 bits per heavy atom. The summed E-state index contributed by atoms with van der Waals surface area (Å²) in [6, 6.07) is 0.524. The molecule has 0 aromatic carbocycles. The number of carbonyl (C=O) groups is 1. The number of aromatic nitrogens is 2. The third kappa shape index (κ3) is 5.30. The monoisotopic (exact) mass is 325 g/mol. The molecule has 1 aliphatic heterocycles. The van der Waals surface area contributed by atoms with Gasteiger partial charge in [-0.1, -0.05) is 11.8 Å². The number of likely N-dealkylation sites (N-methyl/N-ethyl adjacent to an activating group) is 1. The van der Waals surface area contributed by atoms with E-state index in [-0.39, 0.29) is 5.91 Å². The maximum Gasteiger partial charge on any atom is 0.230 e. The highest BCUT2D eigenvalue weighted by Gasteiger charge is 2.18. The molecule has 1 fully saturated rings. The molecule has 22 heavy (non-hydrogen) atoms. The lowest BCUT2D eigenvalue weighted by Gasteiger charge is -2.36. The largest absolute Gasteiger partial charge is 0.355 e. The number of imidazole rings is 1. The van der Waals surface area contributed by atoms with Crippen molar-refractivity contribution in [2.24, 2.45) is 7.05 Å². The van der Waals surface area contributed by atoms with Crippen LogP contribution in [-0.2, 0) is 11.8 Å². The molecular weight excluding hydrogens is 298 g/mol. The highest BCUT2D eigenvalue weighted by Crippen LogP contribution is 2.13. The van der Waals surface area contributed by atoms with E-state index in [1.165, 1.54) is 11.8 Å². The molecule has 0 saturated carbocycles. The van der Waals surface area contributed by atoms with Gasteiger partial charge >= 0.3 is 0 Å². The Morgan fingerprint density at radius 3 is 2.73 bits per heavy atom. The lowest BCUT2D eigenvalue weighted by molar-refractivity contribution is -0.118.